The van der Waals surface area contributed by atoms with Crippen LogP contribution < -0.4 is 0 Å². The molecule has 0 aromatic heterocycles. The van der Waals surface area contributed by atoms with Gasteiger partial charge in [-0.2, -0.15) is 0 Å². The Kier molecular flexibility index (Phi) is 4.81. The number of ether oxygens (including phenoxy) is 1. The second kappa shape index (κ2) is 6.40. The van der Waals surface area contributed by atoms with E-state index in [4.69, 9.17) is 4.74 Å². The van der Waals surface area contributed by atoms with E-state index in [9.17, 15) is 4.79 Å². The molecule has 1 amide bonds. The number of aryl methyl sites for hydroxylation is 3. The molecule has 3 nitrogen and oxygen atoms in total. The van der Waals surface area contributed by atoms with E-state index in [0.29, 0.717) is 19.6 Å². The van der Waals surface area contributed by atoms with Gasteiger partial charge in [-0.15, -0.1) is 0 Å². The molecule has 20 heavy (non-hydrogen) atoms. The number of amides is 1. The van der Waals surface area contributed by atoms with Gasteiger partial charge in [0.15, 0.2) is 0 Å². The Hall–Kier alpha value is -1.35. The van der Waals surface area contributed by atoms with E-state index in [-0.39, 0.29) is 18.1 Å². The van der Waals surface area contributed by atoms with Gasteiger partial charge in [-0.05, 0) is 45.2 Å². The molecular formula is C17H25NO2. The van der Waals surface area contributed by atoms with E-state index in [1.165, 1.54) is 16.7 Å². The first-order valence-corrected chi connectivity index (χ1v) is 7.44. The summed E-state index contributed by atoms with van der Waals surface area (Å²) in [5.74, 6) is 0.243. The van der Waals surface area contributed by atoms with Crippen LogP contribution in [-0.4, -0.2) is 36.1 Å². The quantitative estimate of drug-likeness (QED) is 0.849. The molecule has 0 radical (unpaired) electrons. The summed E-state index contributed by atoms with van der Waals surface area (Å²) >= 11 is 0. The molecule has 1 aromatic rings. The van der Waals surface area contributed by atoms with E-state index >= 15 is 0 Å². The summed E-state index contributed by atoms with van der Waals surface area (Å²) in [7, 11) is 0. The van der Waals surface area contributed by atoms with Crippen LogP contribution in [0.25, 0.3) is 0 Å². The molecule has 0 N–H and O–H groups in total. The van der Waals surface area contributed by atoms with E-state index in [2.05, 4.69) is 39.0 Å². The van der Waals surface area contributed by atoms with Gasteiger partial charge in [0, 0.05) is 13.0 Å². The average Bonchev–Trinajstić information content (AvgIpc) is 2.40. The van der Waals surface area contributed by atoms with Crippen LogP contribution in [0, 0.1) is 13.8 Å². The van der Waals surface area contributed by atoms with Crippen molar-refractivity contribution >= 4 is 5.91 Å². The zero-order valence-electron chi connectivity index (χ0n) is 13.0. The van der Waals surface area contributed by atoms with Gasteiger partial charge in [-0.1, -0.05) is 23.8 Å². The van der Waals surface area contributed by atoms with Crippen molar-refractivity contribution in [2.24, 2.45) is 0 Å². The Balaban J connectivity index is 1.94. The monoisotopic (exact) mass is 275 g/mol. The van der Waals surface area contributed by atoms with Gasteiger partial charge >= 0.3 is 0 Å². The minimum atomic E-state index is 0.149. The van der Waals surface area contributed by atoms with E-state index in [1.54, 1.807) is 0 Å². The number of carbonyl (C=O) groups excluding carboxylic acids is 1. The van der Waals surface area contributed by atoms with Crippen LogP contribution in [0.1, 0.15) is 37.0 Å². The molecule has 2 atom stereocenters. The molecule has 110 valence electrons. The first-order chi connectivity index (χ1) is 9.47. The van der Waals surface area contributed by atoms with Gasteiger partial charge in [-0.3, -0.25) is 4.79 Å². The highest BCUT2D eigenvalue weighted by atomic mass is 16.5. The molecule has 1 aromatic carbocycles. The normalized spacial score (nSPS) is 22.9. The summed E-state index contributed by atoms with van der Waals surface area (Å²) < 4.78 is 5.57. The minimum Gasteiger partial charge on any atom is -0.375 e. The van der Waals surface area contributed by atoms with E-state index in [0.717, 1.165) is 6.42 Å². The smallest absolute Gasteiger partial charge is 0.223 e. The van der Waals surface area contributed by atoms with Crippen molar-refractivity contribution in [3.8, 4) is 0 Å². The van der Waals surface area contributed by atoms with Crippen molar-refractivity contribution in [3.05, 3.63) is 34.9 Å². The van der Waals surface area contributed by atoms with Crippen LogP contribution in [-0.2, 0) is 16.0 Å². The number of rotatable bonds is 3. The Morgan fingerprint density at radius 3 is 2.80 bits per heavy atom. The predicted octanol–water partition coefficient (Wildman–Crippen LogP) is 2.87. The molecular weight excluding hydrogens is 250 g/mol. The molecule has 3 heteroatoms. The van der Waals surface area contributed by atoms with Crippen LogP contribution >= 0.6 is 0 Å². The molecule has 0 spiro atoms. The van der Waals surface area contributed by atoms with Crippen LogP contribution in [0.15, 0.2) is 18.2 Å². The van der Waals surface area contributed by atoms with Gasteiger partial charge in [0.1, 0.15) is 0 Å². The number of hydrogen-bond donors (Lipinski definition) is 0. The van der Waals surface area contributed by atoms with E-state index in [1.807, 2.05) is 11.8 Å². The van der Waals surface area contributed by atoms with Crippen LogP contribution in [0.3, 0.4) is 0 Å². The highest BCUT2D eigenvalue weighted by molar-refractivity contribution is 5.77. The summed E-state index contributed by atoms with van der Waals surface area (Å²) in [6.45, 7) is 9.66. The molecule has 1 aliphatic rings. The Bertz CT molecular complexity index is 484. The van der Waals surface area contributed by atoms with E-state index < -0.39 is 0 Å². The lowest BCUT2D eigenvalue weighted by molar-refractivity contribution is -0.143. The lowest BCUT2D eigenvalue weighted by atomic mass is 10.0. The third kappa shape index (κ3) is 3.60. The van der Waals surface area contributed by atoms with Gasteiger partial charge in [-0.25, -0.2) is 0 Å². The third-order valence-electron chi connectivity index (χ3n) is 4.03. The third-order valence-corrected chi connectivity index (χ3v) is 4.03. The van der Waals surface area contributed by atoms with Gasteiger partial charge in [0.25, 0.3) is 0 Å². The summed E-state index contributed by atoms with van der Waals surface area (Å²) in [4.78, 5) is 14.3. The van der Waals surface area contributed by atoms with Crippen molar-refractivity contribution in [3.63, 3.8) is 0 Å². The van der Waals surface area contributed by atoms with Gasteiger partial charge in [0.05, 0.1) is 18.8 Å². The molecule has 0 bridgehead atoms. The maximum absolute atomic E-state index is 12.4. The highest BCUT2D eigenvalue weighted by Crippen LogP contribution is 2.16. The Labute approximate surface area is 121 Å². The Morgan fingerprint density at radius 2 is 2.10 bits per heavy atom. The predicted molar refractivity (Wildman–Crippen MR) is 80.8 cm³/mol. The number of hydrogen-bond acceptors (Lipinski definition) is 2. The average molecular weight is 275 g/mol. The molecule has 0 saturated carbocycles. The van der Waals surface area contributed by atoms with Crippen LogP contribution in [0.4, 0.5) is 0 Å². The minimum absolute atomic E-state index is 0.149. The molecule has 0 aliphatic carbocycles. The second-order valence-electron chi connectivity index (χ2n) is 5.97. The lowest BCUT2D eigenvalue weighted by Crippen LogP contribution is -2.50. The fourth-order valence-corrected chi connectivity index (χ4v) is 2.76. The number of carbonyl (C=O) groups is 1. The zero-order valence-corrected chi connectivity index (χ0v) is 13.0. The molecule has 1 fully saturated rings. The SMILES string of the molecule is Cc1ccc(CCC(=O)N2CC(C)OCC2C)c(C)c1. The fourth-order valence-electron chi connectivity index (χ4n) is 2.76. The van der Waals surface area contributed by atoms with Gasteiger partial charge in [0.2, 0.25) is 5.91 Å². The van der Waals surface area contributed by atoms with Crippen LogP contribution in [0.5, 0.6) is 0 Å². The second-order valence-corrected chi connectivity index (χ2v) is 5.97. The summed E-state index contributed by atoms with van der Waals surface area (Å²) in [5.41, 5.74) is 3.83. The summed E-state index contributed by atoms with van der Waals surface area (Å²) in [5, 5.41) is 0. The summed E-state index contributed by atoms with van der Waals surface area (Å²) in [6, 6.07) is 6.63. The molecule has 2 unspecified atom stereocenters. The van der Waals surface area contributed by atoms with Crippen molar-refractivity contribution < 1.29 is 9.53 Å². The lowest BCUT2D eigenvalue weighted by Gasteiger charge is -2.37. The summed E-state index contributed by atoms with van der Waals surface area (Å²) in [6.07, 6.45) is 1.56. The standard InChI is InChI=1S/C17H25NO2/c1-12-5-6-16(13(2)9-12)7-8-17(19)18-10-15(4)20-11-14(18)3/h5-6,9,14-15H,7-8,10-11H2,1-4H3. The van der Waals surface area contributed by atoms with Crippen molar-refractivity contribution in [2.45, 2.75) is 52.7 Å². The number of benzene rings is 1. The molecule has 1 saturated heterocycles. The highest BCUT2D eigenvalue weighted by Gasteiger charge is 2.26. The van der Waals surface area contributed by atoms with Crippen LogP contribution in [0.2, 0.25) is 0 Å². The van der Waals surface area contributed by atoms with Crippen molar-refractivity contribution in [1.82, 2.24) is 4.90 Å². The fraction of sp³-hybridized carbons (Fsp3) is 0.588. The first kappa shape index (κ1) is 15.0. The molecule has 2 rings (SSSR count). The van der Waals surface area contributed by atoms with Gasteiger partial charge < -0.3 is 9.64 Å². The molecule has 1 aliphatic heterocycles. The number of nitrogens with zero attached hydrogens (tertiary/aromatic N) is 1. The van der Waals surface area contributed by atoms with Crippen molar-refractivity contribution in [2.75, 3.05) is 13.2 Å². The maximum atomic E-state index is 12.4. The van der Waals surface area contributed by atoms with Crippen molar-refractivity contribution in [1.29, 1.82) is 0 Å². The Morgan fingerprint density at radius 1 is 1.35 bits per heavy atom. The topological polar surface area (TPSA) is 29.5 Å². The largest absolute Gasteiger partial charge is 0.375 e. The maximum Gasteiger partial charge on any atom is 0.223 e. The first-order valence-electron chi connectivity index (χ1n) is 7.44. The zero-order chi connectivity index (χ0) is 14.7. The molecule has 1 heterocycles. The number of morpholine rings is 1.